The SMILES string of the molecule is COc1cccc(CS(=O)(=O)N2C[C@@H](CN)[C@H](c3ccccc3)C2)c1. The average Bonchev–Trinajstić information content (AvgIpc) is 3.07. The first kappa shape index (κ1) is 17.9. The van der Waals surface area contributed by atoms with Crippen molar-refractivity contribution in [1.82, 2.24) is 4.31 Å². The van der Waals surface area contributed by atoms with Gasteiger partial charge in [-0.05, 0) is 35.7 Å². The molecule has 0 radical (unpaired) electrons. The van der Waals surface area contributed by atoms with E-state index in [1.54, 1.807) is 17.5 Å². The summed E-state index contributed by atoms with van der Waals surface area (Å²) in [5, 5.41) is 0. The second kappa shape index (κ2) is 7.56. The quantitative estimate of drug-likeness (QED) is 0.857. The summed E-state index contributed by atoms with van der Waals surface area (Å²) in [5.74, 6) is 0.924. The molecule has 134 valence electrons. The zero-order valence-electron chi connectivity index (χ0n) is 14.3. The van der Waals surface area contributed by atoms with Gasteiger partial charge in [-0.1, -0.05) is 42.5 Å². The van der Waals surface area contributed by atoms with Crippen molar-refractivity contribution in [3.8, 4) is 5.75 Å². The number of rotatable bonds is 6. The first-order valence-corrected chi connectivity index (χ1v) is 10.00. The van der Waals surface area contributed by atoms with Crippen molar-refractivity contribution in [3.63, 3.8) is 0 Å². The Labute approximate surface area is 149 Å². The Morgan fingerprint density at radius 2 is 1.88 bits per heavy atom. The predicted molar refractivity (Wildman–Crippen MR) is 98.9 cm³/mol. The molecule has 1 heterocycles. The van der Waals surface area contributed by atoms with Crippen LogP contribution < -0.4 is 10.5 Å². The molecule has 6 heteroatoms. The molecule has 0 bridgehead atoms. The van der Waals surface area contributed by atoms with Crippen molar-refractivity contribution in [2.75, 3.05) is 26.7 Å². The lowest BCUT2D eigenvalue weighted by Crippen LogP contribution is -2.31. The molecular formula is C19H24N2O3S. The number of methoxy groups -OCH3 is 1. The third-order valence-electron chi connectivity index (χ3n) is 4.81. The van der Waals surface area contributed by atoms with Crippen molar-refractivity contribution < 1.29 is 13.2 Å². The summed E-state index contributed by atoms with van der Waals surface area (Å²) in [6, 6.07) is 17.2. The molecule has 0 spiro atoms. The summed E-state index contributed by atoms with van der Waals surface area (Å²) in [6.45, 7) is 1.44. The summed E-state index contributed by atoms with van der Waals surface area (Å²) in [7, 11) is -1.83. The van der Waals surface area contributed by atoms with Crippen molar-refractivity contribution >= 4 is 10.0 Å². The Morgan fingerprint density at radius 3 is 2.56 bits per heavy atom. The van der Waals surface area contributed by atoms with E-state index in [-0.39, 0.29) is 17.6 Å². The normalized spacial score (nSPS) is 21.4. The molecule has 2 N–H and O–H groups in total. The fourth-order valence-corrected chi connectivity index (χ4v) is 5.03. The van der Waals surface area contributed by atoms with Gasteiger partial charge in [-0.25, -0.2) is 12.7 Å². The van der Waals surface area contributed by atoms with Crippen LogP contribution in [-0.2, 0) is 15.8 Å². The van der Waals surface area contributed by atoms with Crippen LogP contribution >= 0.6 is 0 Å². The van der Waals surface area contributed by atoms with E-state index in [2.05, 4.69) is 0 Å². The number of sulfonamides is 1. The highest BCUT2D eigenvalue weighted by Crippen LogP contribution is 2.34. The number of benzene rings is 2. The van der Waals surface area contributed by atoms with Gasteiger partial charge >= 0.3 is 0 Å². The summed E-state index contributed by atoms with van der Waals surface area (Å²) in [5.41, 5.74) is 7.80. The summed E-state index contributed by atoms with van der Waals surface area (Å²) in [6.07, 6.45) is 0. The Morgan fingerprint density at radius 1 is 1.12 bits per heavy atom. The number of hydrogen-bond acceptors (Lipinski definition) is 4. The van der Waals surface area contributed by atoms with Crippen LogP contribution in [0.1, 0.15) is 17.0 Å². The van der Waals surface area contributed by atoms with Gasteiger partial charge in [-0.15, -0.1) is 0 Å². The van der Waals surface area contributed by atoms with Crippen LogP contribution in [0.25, 0.3) is 0 Å². The van der Waals surface area contributed by atoms with Crippen LogP contribution in [-0.4, -0.2) is 39.5 Å². The highest BCUT2D eigenvalue weighted by atomic mass is 32.2. The van der Waals surface area contributed by atoms with Gasteiger partial charge in [0, 0.05) is 19.0 Å². The van der Waals surface area contributed by atoms with E-state index in [9.17, 15) is 8.42 Å². The third-order valence-corrected chi connectivity index (χ3v) is 6.60. The Kier molecular flexibility index (Phi) is 5.42. The maximum Gasteiger partial charge on any atom is 0.218 e. The largest absolute Gasteiger partial charge is 0.497 e. The van der Waals surface area contributed by atoms with Gasteiger partial charge in [-0.2, -0.15) is 0 Å². The minimum Gasteiger partial charge on any atom is -0.497 e. The standard InChI is InChI=1S/C19H24N2O3S/c1-24-18-9-5-6-15(10-18)14-25(22,23)21-12-17(11-20)19(13-21)16-7-3-2-4-8-16/h2-10,17,19H,11-14,20H2,1H3/t17-,19+/m1/s1. The molecule has 25 heavy (non-hydrogen) atoms. The Bertz CT molecular complexity index is 808. The summed E-state index contributed by atoms with van der Waals surface area (Å²) < 4.78 is 32.5. The van der Waals surface area contributed by atoms with E-state index in [1.165, 1.54) is 0 Å². The molecule has 2 aromatic rings. The fourth-order valence-electron chi connectivity index (χ4n) is 3.44. The zero-order valence-corrected chi connectivity index (χ0v) is 15.2. The van der Waals surface area contributed by atoms with Crippen LogP contribution in [0.5, 0.6) is 5.75 Å². The van der Waals surface area contributed by atoms with E-state index < -0.39 is 10.0 Å². The fraction of sp³-hybridized carbons (Fsp3) is 0.368. The van der Waals surface area contributed by atoms with E-state index in [4.69, 9.17) is 10.5 Å². The Balaban J connectivity index is 1.78. The maximum absolute atomic E-state index is 12.9. The molecule has 1 aliphatic heterocycles. The molecule has 5 nitrogen and oxygen atoms in total. The molecule has 0 aliphatic carbocycles. The zero-order chi connectivity index (χ0) is 17.9. The van der Waals surface area contributed by atoms with Crippen LogP contribution in [0.15, 0.2) is 54.6 Å². The van der Waals surface area contributed by atoms with Crippen molar-refractivity contribution in [2.24, 2.45) is 11.7 Å². The Hall–Kier alpha value is -1.89. The monoisotopic (exact) mass is 360 g/mol. The molecule has 2 atom stereocenters. The molecule has 2 aromatic carbocycles. The van der Waals surface area contributed by atoms with Crippen molar-refractivity contribution in [2.45, 2.75) is 11.7 Å². The maximum atomic E-state index is 12.9. The van der Waals surface area contributed by atoms with Crippen LogP contribution in [0.4, 0.5) is 0 Å². The van der Waals surface area contributed by atoms with Gasteiger partial charge in [0.25, 0.3) is 0 Å². The minimum atomic E-state index is -3.40. The molecule has 0 saturated carbocycles. The molecule has 0 unspecified atom stereocenters. The third kappa shape index (κ3) is 4.03. The molecule has 1 aliphatic rings. The van der Waals surface area contributed by atoms with E-state index in [0.717, 1.165) is 11.1 Å². The number of hydrogen-bond donors (Lipinski definition) is 1. The van der Waals surface area contributed by atoms with E-state index in [1.807, 2.05) is 48.5 Å². The lowest BCUT2D eigenvalue weighted by atomic mass is 9.89. The van der Waals surface area contributed by atoms with Crippen LogP contribution in [0.3, 0.4) is 0 Å². The number of nitrogens with zero attached hydrogens (tertiary/aromatic N) is 1. The molecule has 3 rings (SSSR count). The second-order valence-corrected chi connectivity index (χ2v) is 8.41. The van der Waals surface area contributed by atoms with E-state index >= 15 is 0 Å². The lowest BCUT2D eigenvalue weighted by Gasteiger charge is -2.17. The highest BCUT2D eigenvalue weighted by molar-refractivity contribution is 7.88. The average molecular weight is 360 g/mol. The molecule has 0 amide bonds. The first-order chi connectivity index (χ1) is 12.0. The van der Waals surface area contributed by atoms with Crippen molar-refractivity contribution in [1.29, 1.82) is 0 Å². The summed E-state index contributed by atoms with van der Waals surface area (Å²) >= 11 is 0. The second-order valence-electron chi connectivity index (χ2n) is 6.44. The number of nitrogens with two attached hydrogens (primary N) is 1. The minimum absolute atomic E-state index is 0.0248. The molecule has 0 aromatic heterocycles. The van der Waals surface area contributed by atoms with Gasteiger partial charge in [-0.3, -0.25) is 0 Å². The van der Waals surface area contributed by atoms with Gasteiger partial charge < -0.3 is 10.5 Å². The van der Waals surface area contributed by atoms with Gasteiger partial charge in [0.05, 0.1) is 12.9 Å². The van der Waals surface area contributed by atoms with Gasteiger partial charge in [0.1, 0.15) is 5.75 Å². The lowest BCUT2D eigenvalue weighted by molar-refractivity contribution is 0.414. The van der Waals surface area contributed by atoms with Gasteiger partial charge in [0.15, 0.2) is 0 Å². The summed E-state index contributed by atoms with van der Waals surface area (Å²) in [4.78, 5) is 0. The van der Waals surface area contributed by atoms with E-state index in [0.29, 0.717) is 25.4 Å². The molecule has 1 saturated heterocycles. The molecule has 1 fully saturated rings. The first-order valence-electron chi connectivity index (χ1n) is 8.39. The van der Waals surface area contributed by atoms with Gasteiger partial charge in [0.2, 0.25) is 10.0 Å². The van der Waals surface area contributed by atoms with Crippen LogP contribution in [0, 0.1) is 5.92 Å². The van der Waals surface area contributed by atoms with Crippen molar-refractivity contribution in [3.05, 3.63) is 65.7 Å². The smallest absolute Gasteiger partial charge is 0.218 e. The predicted octanol–water partition coefficient (Wildman–Crippen LogP) is 2.20. The molecular weight excluding hydrogens is 336 g/mol. The topological polar surface area (TPSA) is 72.6 Å². The van der Waals surface area contributed by atoms with Crippen LogP contribution in [0.2, 0.25) is 0 Å². The highest BCUT2D eigenvalue weighted by Gasteiger charge is 2.38. The number of ether oxygens (including phenoxy) is 1.